The minimum atomic E-state index is -3.73. The summed E-state index contributed by atoms with van der Waals surface area (Å²) >= 11 is 0.968. The third kappa shape index (κ3) is 5.24. The molecule has 0 spiro atoms. The number of pyridine rings is 1. The van der Waals surface area contributed by atoms with Crippen LogP contribution in [0.5, 0.6) is 5.88 Å². The zero-order valence-electron chi connectivity index (χ0n) is 11.8. The summed E-state index contributed by atoms with van der Waals surface area (Å²) in [6.45, 7) is 3.70. The number of thioether (sulfide) groups is 1. The number of nitrogens with two attached hydrogens (primary N) is 1. The molecule has 0 aliphatic heterocycles. The largest absolute Gasteiger partial charge is 0.369 e. The van der Waals surface area contributed by atoms with Crippen LogP contribution in [0.1, 0.15) is 30.9 Å². The van der Waals surface area contributed by atoms with E-state index < -0.39 is 16.0 Å². The average molecular weight is 329 g/mol. The van der Waals surface area contributed by atoms with Crippen LogP contribution in [-0.4, -0.2) is 31.3 Å². The number of nitriles is 1. The Kier molecular flexibility index (Phi) is 5.57. The molecule has 0 unspecified atom stereocenters. The lowest BCUT2D eigenvalue weighted by atomic mass is 10.00. The van der Waals surface area contributed by atoms with Crippen LogP contribution in [0, 0.1) is 11.3 Å². The van der Waals surface area contributed by atoms with Gasteiger partial charge in [0.1, 0.15) is 11.1 Å². The molecule has 1 heterocycles. The SMILES string of the molecule is CC(C)c1cc(OS(C)(=O)=O)nc(SCC(N)=O)c1C#N. The van der Waals surface area contributed by atoms with Gasteiger partial charge in [-0.15, -0.1) is 0 Å². The quantitative estimate of drug-likeness (QED) is 0.609. The van der Waals surface area contributed by atoms with Gasteiger partial charge in [0.15, 0.2) is 0 Å². The van der Waals surface area contributed by atoms with Crippen molar-refractivity contribution in [3.8, 4) is 11.9 Å². The van der Waals surface area contributed by atoms with Gasteiger partial charge in [-0.05, 0) is 11.5 Å². The molecule has 1 rings (SSSR count). The number of hydrogen-bond acceptors (Lipinski definition) is 7. The van der Waals surface area contributed by atoms with E-state index in [1.54, 1.807) is 0 Å². The van der Waals surface area contributed by atoms with Crippen molar-refractivity contribution in [3.05, 3.63) is 17.2 Å². The predicted molar refractivity (Wildman–Crippen MR) is 78.4 cm³/mol. The second-order valence-electron chi connectivity index (χ2n) is 4.54. The average Bonchev–Trinajstić information content (AvgIpc) is 2.33. The van der Waals surface area contributed by atoms with Crippen LogP contribution in [0.15, 0.2) is 11.1 Å². The molecule has 0 saturated carbocycles. The second kappa shape index (κ2) is 6.78. The maximum Gasteiger partial charge on any atom is 0.307 e. The predicted octanol–water partition coefficient (Wildman–Crippen LogP) is 0.992. The Bertz CT molecular complexity index is 693. The summed E-state index contributed by atoms with van der Waals surface area (Å²) in [5, 5.41) is 9.48. The van der Waals surface area contributed by atoms with Gasteiger partial charge in [-0.3, -0.25) is 4.79 Å². The first kappa shape index (κ1) is 17.3. The van der Waals surface area contributed by atoms with Crippen molar-refractivity contribution in [2.24, 2.45) is 5.73 Å². The molecule has 1 aromatic heterocycles. The smallest absolute Gasteiger partial charge is 0.307 e. The van der Waals surface area contributed by atoms with E-state index in [9.17, 15) is 18.5 Å². The summed E-state index contributed by atoms with van der Waals surface area (Å²) in [7, 11) is -3.73. The number of hydrogen-bond donors (Lipinski definition) is 1. The molecule has 0 aromatic carbocycles. The number of primary amides is 1. The molecule has 0 saturated heterocycles. The van der Waals surface area contributed by atoms with Crippen molar-refractivity contribution < 1.29 is 17.4 Å². The number of carbonyl (C=O) groups excluding carboxylic acids is 1. The van der Waals surface area contributed by atoms with E-state index in [4.69, 9.17) is 9.92 Å². The van der Waals surface area contributed by atoms with Crippen LogP contribution in [0.3, 0.4) is 0 Å². The Hall–Kier alpha value is -1.79. The highest BCUT2D eigenvalue weighted by Gasteiger charge is 2.18. The second-order valence-corrected chi connectivity index (χ2v) is 7.08. The van der Waals surface area contributed by atoms with Crippen molar-refractivity contribution in [1.29, 1.82) is 5.26 Å². The third-order valence-corrected chi connectivity index (χ3v) is 3.79. The molecular formula is C12H15N3O4S2. The van der Waals surface area contributed by atoms with Crippen molar-refractivity contribution >= 4 is 27.8 Å². The van der Waals surface area contributed by atoms with Crippen molar-refractivity contribution in [2.45, 2.75) is 24.8 Å². The minimum Gasteiger partial charge on any atom is -0.369 e. The van der Waals surface area contributed by atoms with Crippen molar-refractivity contribution in [3.63, 3.8) is 0 Å². The maximum absolute atomic E-state index is 11.2. The molecule has 0 aliphatic carbocycles. The Morgan fingerprint density at radius 1 is 1.57 bits per heavy atom. The number of aromatic nitrogens is 1. The van der Waals surface area contributed by atoms with Gasteiger partial charge in [0.2, 0.25) is 11.8 Å². The minimum absolute atomic E-state index is 0.0440. The Morgan fingerprint density at radius 2 is 2.19 bits per heavy atom. The van der Waals surface area contributed by atoms with Gasteiger partial charge in [-0.1, -0.05) is 25.6 Å². The van der Waals surface area contributed by atoms with Crippen LogP contribution >= 0.6 is 11.8 Å². The van der Waals surface area contributed by atoms with Gasteiger partial charge in [0.05, 0.1) is 17.6 Å². The zero-order valence-corrected chi connectivity index (χ0v) is 13.4. The van der Waals surface area contributed by atoms with E-state index in [0.29, 0.717) is 5.56 Å². The molecule has 0 aliphatic rings. The lowest BCUT2D eigenvalue weighted by Crippen LogP contribution is -2.14. The normalized spacial score (nSPS) is 11.2. The Labute approximate surface area is 127 Å². The molecular weight excluding hydrogens is 314 g/mol. The standard InChI is InChI=1S/C12H15N3O4S2/c1-7(2)8-4-11(19-21(3,17)18)15-12(9(8)5-13)20-6-10(14)16/h4,7H,6H2,1-3H3,(H2,14,16). The summed E-state index contributed by atoms with van der Waals surface area (Å²) in [6.07, 6.45) is 0.901. The molecule has 0 radical (unpaired) electrons. The Morgan fingerprint density at radius 3 is 2.62 bits per heavy atom. The summed E-state index contributed by atoms with van der Waals surface area (Å²) < 4.78 is 27.2. The van der Waals surface area contributed by atoms with Gasteiger partial charge < -0.3 is 9.92 Å². The van der Waals surface area contributed by atoms with Crippen LogP contribution in [0.25, 0.3) is 0 Å². The van der Waals surface area contributed by atoms with Crippen LogP contribution in [-0.2, 0) is 14.9 Å². The Balaban J connectivity index is 3.37. The van der Waals surface area contributed by atoms with Crippen molar-refractivity contribution in [2.75, 3.05) is 12.0 Å². The molecule has 21 heavy (non-hydrogen) atoms. The fourth-order valence-electron chi connectivity index (χ4n) is 1.53. The van der Waals surface area contributed by atoms with Gasteiger partial charge in [0, 0.05) is 6.07 Å². The first-order chi connectivity index (χ1) is 9.64. The van der Waals surface area contributed by atoms with Gasteiger partial charge in [0.25, 0.3) is 0 Å². The number of amides is 1. The summed E-state index contributed by atoms with van der Waals surface area (Å²) in [6, 6.07) is 3.43. The van der Waals surface area contributed by atoms with Crippen LogP contribution in [0.2, 0.25) is 0 Å². The first-order valence-corrected chi connectivity index (χ1v) is 8.70. The summed E-state index contributed by atoms with van der Waals surface area (Å²) in [5.41, 5.74) is 5.96. The molecule has 1 aromatic rings. The lowest BCUT2D eigenvalue weighted by molar-refractivity contribution is -0.115. The van der Waals surface area contributed by atoms with E-state index >= 15 is 0 Å². The van der Waals surface area contributed by atoms with Gasteiger partial charge >= 0.3 is 10.1 Å². The van der Waals surface area contributed by atoms with Crippen molar-refractivity contribution in [1.82, 2.24) is 4.98 Å². The molecule has 1 amide bonds. The highest BCUT2D eigenvalue weighted by molar-refractivity contribution is 8.00. The summed E-state index contributed by atoms with van der Waals surface area (Å²) in [5.74, 6) is -0.808. The molecule has 7 nitrogen and oxygen atoms in total. The van der Waals surface area contributed by atoms with Gasteiger partial charge in [-0.25, -0.2) is 4.98 Å². The zero-order chi connectivity index (χ0) is 16.2. The molecule has 0 fully saturated rings. The topological polar surface area (TPSA) is 123 Å². The van der Waals surface area contributed by atoms with Crippen LogP contribution < -0.4 is 9.92 Å². The lowest BCUT2D eigenvalue weighted by Gasteiger charge is -2.13. The highest BCUT2D eigenvalue weighted by Crippen LogP contribution is 2.31. The molecule has 0 bridgehead atoms. The number of nitrogens with zero attached hydrogens (tertiary/aromatic N) is 2. The fourth-order valence-corrected chi connectivity index (χ4v) is 2.66. The monoisotopic (exact) mass is 329 g/mol. The fraction of sp³-hybridized carbons (Fsp3) is 0.417. The number of carbonyl (C=O) groups is 1. The third-order valence-electron chi connectivity index (χ3n) is 2.31. The van der Waals surface area contributed by atoms with Gasteiger partial charge in [-0.2, -0.15) is 13.7 Å². The van der Waals surface area contributed by atoms with E-state index in [1.165, 1.54) is 6.07 Å². The molecule has 0 atom stereocenters. The van der Waals surface area contributed by atoms with E-state index in [1.807, 2.05) is 19.9 Å². The van der Waals surface area contributed by atoms with Crippen LogP contribution in [0.4, 0.5) is 0 Å². The highest BCUT2D eigenvalue weighted by atomic mass is 32.2. The summed E-state index contributed by atoms with van der Waals surface area (Å²) in [4.78, 5) is 14.8. The molecule has 9 heteroatoms. The molecule has 2 N–H and O–H groups in total. The number of rotatable bonds is 6. The van der Waals surface area contributed by atoms with E-state index in [-0.39, 0.29) is 28.1 Å². The van der Waals surface area contributed by atoms with E-state index in [2.05, 4.69) is 4.98 Å². The van der Waals surface area contributed by atoms with E-state index in [0.717, 1.165) is 18.0 Å². The molecule has 114 valence electrons. The maximum atomic E-state index is 11.2. The first-order valence-electron chi connectivity index (χ1n) is 5.89.